The lowest BCUT2D eigenvalue weighted by Gasteiger charge is -2.15. The van der Waals surface area contributed by atoms with Crippen LogP contribution in [0.4, 0.5) is 46.9 Å². The van der Waals surface area contributed by atoms with Gasteiger partial charge in [-0.2, -0.15) is 26.3 Å². The Hall–Kier alpha value is -3.90. The summed E-state index contributed by atoms with van der Waals surface area (Å²) in [5.41, 5.74) is -3.96. The summed E-state index contributed by atoms with van der Waals surface area (Å²) < 4.78 is 96.0. The second kappa shape index (κ2) is 8.69. The maximum absolute atomic E-state index is 13.6. The van der Waals surface area contributed by atoms with E-state index < -0.39 is 41.0 Å². The highest BCUT2D eigenvalue weighted by molar-refractivity contribution is 5.99. The number of halogens is 7. The van der Waals surface area contributed by atoms with Gasteiger partial charge in [-0.25, -0.2) is 19.2 Å². The van der Waals surface area contributed by atoms with Gasteiger partial charge in [-0.1, -0.05) is 12.1 Å². The molecule has 0 saturated heterocycles. The van der Waals surface area contributed by atoms with E-state index >= 15 is 0 Å². The van der Waals surface area contributed by atoms with E-state index in [0.29, 0.717) is 12.1 Å². The van der Waals surface area contributed by atoms with Gasteiger partial charge in [-0.3, -0.25) is 0 Å². The second-order valence-electron chi connectivity index (χ2n) is 6.16. The molecular weight excluding hydrogens is 449 g/mol. The first-order valence-electron chi connectivity index (χ1n) is 8.54. The summed E-state index contributed by atoms with van der Waals surface area (Å²) in [6.45, 7) is 0. The van der Waals surface area contributed by atoms with Gasteiger partial charge >= 0.3 is 24.4 Å². The normalized spacial score (nSPS) is 11.7. The van der Waals surface area contributed by atoms with Gasteiger partial charge in [-0.05, 0) is 30.3 Å². The highest BCUT2D eigenvalue weighted by Crippen LogP contribution is 2.37. The summed E-state index contributed by atoms with van der Waals surface area (Å²) in [7, 11) is 0. The first-order chi connectivity index (χ1) is 14.9. The van der Waals surface area contributed by atoms with E-state index in [9.17, 15) is 35.5 Å². The van der Waals surface area contributed by atoms with Crippen LogP contribution in [0.1, 0.15) is 11.1 Å². The van der Waals surface area contributed by atoms with Crippen LogP contribution in [-0.4, -0.2) is 16.0 Å². The quantitative estimate of drug-likeness (QED) is 0.462. The van der Waals surface area contributed by atoms with Crippen molar-refractivity contribution in [3.63, 3.8) is 0 Å². The van der Waals surface area contributed by atoms with Gasteiger partial charge in [0.2, 0.25) is 0 Å². The molecule has 1 aromatic heterocycles. The highest BCUT2D eigenvalue weighted by Gasteiger charge is 2.37. The maximum Gasteiger partial charge on any atom is 0.416 e. The Kier molecular flexibility index (Phi) is 6.18. The lowest BCUT2D eigenvalue weighted by Crippen LogP contribution is -2.21. The summed E-state index contributed by atoms with van der Waals surface area (Å²) in [6.07, 6.45) is -8.04. The molecule has 0 atom stereocenters. The van der Waals surface area contributed by atoms with Gasteiger partial charge in [-0.15, -0.1) is 0 Å². The third-order valence-electron chi connectivity index (χ3n) is 3.77. The van der Waals surface area contributed by atoms with E-state index in [4.69, 9.17) is 4.74 Å². The SMILES string of the molecule is O=C(Nc1cnc(Oc2ccccc2F)nc1)Nc1cc(C(F)(F)F)cc(C(F)(F)F)c1. The Balaban J connectivity index is 1.71. The molecule has 0 radical (unpaired) electrons. The molecule has 0 spiro atoms. The number of para-hydroxylation sites is 1. The number of nitrogens with one attached hydrogen (secondary N) is 2. The molecule has 0 unspecified atom stereocenters. The number of ether oxygens (including phenoxy) is 1. The largest absolute Gasteiger partial charge is 0.421 e. The number of urea groups is 1. The number of nitrogens with zero attached hydrogens (tertiary/aromatic N) is 2. The van der Waals surface area contributed by atoms with Crippen LogP contribution in [0.15, 0.2) is 54.9 Å². The van der Waals surface area contributed by atoms with Crippen LogP contribution >= 0.6 is 0 Å². The zero-order chi connectivity index (χ0) is 23.5. The van der Waals surface area contributed by atoms with Crippen molar-refractivity contribution in [2.24, 2.45) is 0 Å². The number of amides is 2. The van der Waals surface area contributed by atoms with Crippen LogP contribution in [0.3, 0.4) is 0 Å². The maximum atomic E-state index is 13.6. The highest BCUT2D eigenvalue weighted by atomic mass is 19.4. The van der Waals surface area contributed by atoms with Crippen LogP contribution in [0, 0.1) is 5.82 Å². The number of aromatic nitrogens is 2. The molecule has 0 fully saturated rings. The predicted octanol–water partition coefficient (Wildman–Crippen LogP) is 6.09. The van der Waals surface area contributed by atoms with Crippen LogP contribution in [-0.2, 0) is 12.4 Å². The fourth-order valence-electron chi connectivity index (χ4n) is 2.38. The van der Waals surface area contributed by atoms with E-state index in [1.807, 2.05) is 5.32 Å². The summed E-state index contributed by atoms with van der Waals surface area (Å²) in [6, 6.07) is 4.65. The lowest BCUT2D eigenvalue weighted by molar-refractivity contribution is -0.143. The van der Waals surface area contributed by atoms with Crippen LogP contribution in [0.2, 0.25) is 0 Å². The molecule has 2 N–H and O–H groups in total. The number of carbonyl (C=O) groups is 1. The van der Waals surface area contributed by atoms with Crippen molar-refractivity contribution < 1.29 is 40.3 Å². The molecule has 0 saturated carbocycles. The molecule has 32 heavy (non-hydrogen) atoms. The molecule has 0 aliphatic carbocycles. The molecule has 0 aliphatic rings. The minimum atomic E-state index is -5.06. The lowest BCUT2D eigenvalue weighted by atomic mass is 10.1. The first kappa shape index (κ1) is 22.8. The Bertz CT molecular complexity index is 1080. The third kappa shape index (κ3) is 5.83. The Labute approximate surface area is 175 Å². The Morgan fingerprint density at radius 1 is 0.812 bits per heavy atom. The van der Waals surface area contributed by atoms with E-state index in [1.54, 1.807) is 0 Å². The van der Waals surface area contributed by atoms with Crippen molar-refractivity contribution in [1.29, 1.82) is 0 Å². The number of alkyl halides is 6. The average Bonchev–Trinajstić information content (AvgIpc) is 2.69. The molecule has 13 heteroatoms. The van der Waals surface area contributed by atoms with Crippen molar-refractivity contribution in [2.45, 2.75) is 12.4 Å². The van der Waals surface area contributed by atoms with Crippen molar-refractivity contribution in [1.82, 2.24) is 9.97 Å². The summed E-state index contributed by atoms with van der Waals surface area (Å²) >= 11 is 0. The minimum absolute atomic E-state index is 0.0635. The van der Waals surface area contributed by atoms with Crippen molar-refractivity contribution in [3.05, 3.63) is 71.8 Å². The topological polar surface area (TPSA) is 76.1 Å². The zero-order valence-electron chi connectivity index (χ0n) is 15.6. The molecule has 168 valence electrons. The Morgan fingerprint density at radius 2 is 1.34 bits per heavy atom. The fourth-order valence-corrected chi connectivity index (χ4v) is 2.38. The molecule has 1 heterocycles. The van der Waals surface area contributed by atoms with E-state index in [1.165, 1.54) is 18.2 Å². The standard InChI is InChI=1S/C19H11F7N4O2/c20-14-3-1-2-4-15(14)32-17-27-8-13(9-28-17)30-16(31)29-12-6-10(18(21,22)23)5-11(7-12)19(24,25)26/h1-9H,(H2,29,30,31). The summed E-state index contributed by atoms with van der Waals surface area (Å²) in [4.78, 5) is 19.5. The number of hydrogen-bond acceptors (Lipinski definition) is 4. The van der Waals surface area contributed by atoms with E-state index in [-0.39, 0.29) is 23.5 Å². The van der Waals surface area contributed by atoms with E-state index in [2.05, 4.69) is 15.3 Å². The predicted molar refractivity (Wildman–Crippen MR) is 97.6 cm³/mol. The van der Waals surface area contributed by atoms with Gasteiger partial charge in [0.25, 0.3) is 0 Å². The number of rotatable bonds is 4. The Morgan fingerprint density at radius 3 is 1.88 bits per heavy atom. The first-order valence-corrected chi connectivity index (χ1v) is 8.54. The van der Waals surface area contributed by atoms with Crippen LogP contribution in [0.25, 0.3) is 0 Å². The average molecular weight is 460 g/mol. The van der Waals surface area contributed by atoms with Crippen molar-refractivity contribution >= 4 is 17.4 Å². The van der Waals surface area contributed by atoms with Crippen LogP contribution in [0.5, 0.6) is 11.8 Å². The summed E-state index contributed by atoms with van der Waals surface area (Å²) in [5.74, 6) is -0.826. The zero-order valence-corrected chi connectivity index (χ0v) is 15.6. The summed E-state index contributed by atoms with van der Waals surface area (Å²) in [5, 5.41) is 4.03. The number of hydrogen-bond donors (Lipinski definition) is 2. The molecule has 2 amide bonds. The van der Waals surface area contributed by atoms with E-state index in [0.717, 1.165) is 18.5 Å². The smallest absolute Gasteiger partial charge is 0.416 e. The molecule has 3 rings (SSSR count). The molecule has 3 aromatic rings. The number of anilines is 2. The molecule has 2 aromatic carbocycles. The van der Waals surface area contributed by atoms with Gasteiger partial charge in [0.15, 0.2) is 11.6 Å². The molecule has 6 nitrogen and oxygen atoms in total. The van der Waals surface area contributed by atoms with Gasteiger partial charge in [0, 0.05) is 5.69 Å². The fraction of sp³-hybridized carbons (Fsp3) is 0.105. The van der Waals surface area contributed by atoms with Gasteiger partial charge in [0.05, 0.1) is 29.2 Å². The van der Waals surface area contributed by atoms with Gasteiger partial charge < -0.3 is 15.4 Å². The number of benzene rings is 2. The molecule has 0 aliphatic heterocycles. The van der Waals surface area contributed by atoms with Crippen LogP contribution < -0.4 is 15.4 Å². The van der Waals surface area contributed by atoms with Crippen molar-refractivity contribution in [3.8, 4) is 11.8 Å². The third-order valence-corrected chi connectivity index (χ3v) is 3.77. The minimum Gasteiger partial charge on any atom is -0.421 e. The molecule has 0 bridgehead atoms. The monoisotopic (exact) mass is 460 g/mol. The number of carbonyl (C=O) groups excluding carboxylic acids is 1. The second-order valence-corrected chi connectivity index (χ2v) is 6.16. The van der Waals surface area contributed by atoms with Gasteiger partial charge in [0.1, 0.15) is 0 Å². The molecular formula is C19H11F7N4O2. The van der Waals surface area contributed by atoms with Crippen molar-refractivity contribution in [2.75, 3.05) is 10.6 Å².